The van der Waals surface area contributed by atoms with E-state index in [-0.39, 0.29) is 36.8 Å². The Bertz CT molecular complexity index is 499. The minimum Gasteiger partial charge on any atom is -0.409 e. The number of aromatic nitrogens is 2. The van der Waals surface area contributed by atoms with Gasteiger partial charge in [-0.05, 0) is 0 Å². The van der Waals surface area contributed by atoms with Gasteiger partial charge in [0, 0.05) is 32.8 Å². The Morgan fingerprint density at radius 1 is 1.63 bits per heavy atom. The van der Waals surface area contributed by atoms with Gasteiger partial charge in [-0.15, -0.1) is 0 Å². The van der Waals surface area contributed by atoms with Gasteiger partial charge in [0.05, 0.1) is 12.8 Å². The summed E-state index contributed by atoms with van der Waals surface area (Å²) in [6, 6.07) is 0. The Morgan fingerprint density at radius 3 is 2.89 bits per heavy atom. The first-order valence-corrected chi connectivity index (χ1v) is 6.90. The normalized spacial score (nSPS) is 13.1. The highest BCUT2D eigenvalue weighted by molar-refractivity contribution is 7.89. The van der Waals surface area contributed by atoms with E-state index < -0.39 is 10.0 Å². The van der Waals surface area contributed by atoms with Crippen LogP contribution in [0.15, 0.2) is 22.4 Å². The number of oxime groups is 1. The predicted octanol–water partition coefficient (Wildman–Crippen LogP) is -0.817. The summed E-state index contributed by atoms with van der Waals surface area (Å²) in [6.07, 6.45) is 2.63. The van der Waals surface area contributed by atoms with Gasteiger partial charge in [-0.2, -0.15) is 9.40 Å². The van der Waals surface area contributed by atoms with Crippen molar-refractivity contribution in [2.75, 3.05) is 26.8 Å². The summed E-state index contributed by atoms with van der Waals surface area (Å²) in [5, 5.41) is 17.3. The third-order valence-corrected chi connectivity index (χ3v) is 4.27. The van der Waals surface area contributed by atoms with Gasteiger partial charge in [-0.1, -0.05) is 5.16 Å². The molecule has 0 aliphatic rings. The predicted molar refractivity (Wildman–Crippen MR) is 67.2 cm³/mol. The molecule has 0 radical (unpaired) electrons. The van der Waals surface area contributed by atoms with Crippen LogP contribution in [0.4, 0.5) is 0 Å². The van der Waals surface area contributed by atoms with Crippen molar-refractivity contribution in [3.8, 4) is 0 Å². The third kappa shape index (κ3) is 4.19. The van der Waals surface area contributed by atoms with E-state index in [2.05, 4.69) is 15.4 Å². The molecule has 19 heavy (non-hydrogen) atoms. The number of rotatable bonds is 8. The molecule has 108 valence electrons. The van der Waals surface area contributed by atoms with Gasteiger partial charge < -0.3 is 15.7 Å². The minimum absolute atomic E-state index is 0.0372. The van der Waals surface area contributed by atoms with E-state index in [0.29, 0.717) is 0 Å². The number of aromatic amines is 1. The number of sulfonamides is 1. The summed E-state index contributed by atoms with van der Waals surface area (Å²) in [5.41, 5.74) is 5.34. The Kier molecular flexibility index (Phi) is 5.73. The standard InChI is InChI=1S/C9H17N5O4S/c1-18-5-4-14(3-2-9(10)13-15)19(16,17)8-6-11-12-7-8/h6-7,15H,2-5H2,1H3,(H2,10,13)(H,11,12). The second kappa shape index (κ2) is 7.07. The maximum atomic E-state index is 12.3. The molecular weight excluding hydrogens is 274 g/mol. The number of H-pyrrole nitrogens is 1. The highest BCUT2D eigenvalue weighted by Gasteiger charge is 2.25. The lowest BCUT2D eigenvalue weighted by Crippen LogP contribution is -2.36. The molecule has 0 amide bonds. The average Bonchev–Trinajstić information content (AvgIpc) is 2.92. The van der Waals surface area contributed by atoms with Crippen molar-refractivity contribution in [3.63, 3.8) is 0 Å². The number of nitrogens with two attached hydrogens (primary N) is 1. The summed E-state index contributed by atoms with van der Waals surface area (Å²) in [5.74, 6) is -0.0372. The van der Waals surface area contributed by atoms with E-state index >= 15 is 0 Å². The number of methoxy groups -OCH3 is 1. The fraction of sp³-hybridized carbons (Fsp3) is 0.556. The fourth-order valence-corrected chi connectivity index (χ4v) is 2.70. The molecule has 0 saturated heterocycles. The molecule has 0 saturated carbocycles. The fourth-order valence-electron chi connectivity index (χ4n) is 1.36. The Balaban J connectivity index is 2.84. The van der Waals surface area contributed by atoms with Crippen molar-refractivity contribution < 1.29 is 18.4 Å². The number of ether oxygens (including phenoxy) is 1. The van der Waals surface area contributed by atoms with E-state index in [9.17, 15) is 8.42 Å². The largest absolute Gasteiger partial charge is 0.409 e. The number of hydrogen-bond acceptors (Lipinski definition) is 6. The van der Waals surface area contributed by atoms with Gasteiger partial charge >= 0.3 is 0 Å². The average molecular weight is 291 g/mol. The lowest BCUT2D eigenvalue weighted by molar-refractivity contribution is 0.179. The second-order valence-corrected chi connectivity index (χ2v) is 5.61. The molecule has 10 heteroatoms. The van der Waals surface area contributed by atoms with E-state index in [1.54, 1.807) is 0 Å². The molecule has 0 atom stereocenters. The second-order valence-electron chi connectivity index (χ2n) is 3.67. The number of nitrogens with one attached hydrogen (secondary N) is 1. The van der Waals surface area contributed by atoms with Gasteiger partial charge in [0.1, 0.15) is 10.7 Å². The monoisotopic (exact) mass is 291 g/mol. The first-order valence-electron chi connectivity index (χ1n) is 5.46. The summed E-state index contributed by atoms with van der Waals surface area (Å²) in [4.78, 5) is 0.0584. The van der Waals surface area contributed by atoms with E-state index in [0.717, 1.165) is 0 Å². The highest BCUT2D eigenvalue weighted by Crippen LogP contribution is 2.13. The Labute approximate surface area is 111 Å². The van der Waals surface area contributed by atoms with Crippen LogP contribution in [0.5, 0.6) is 0 Å². The molecule has 0 aromatic carbocycles. The third-order valence-electron chi connectivity index (χ3n) is 2.40. The molecule has 4 N–H and O–H groups in total. The number of amidine groups is 1. The summed E-state index contributed by atoms with van der Waals surface area (Å²) < 4.78 is 30.6. The van der Waals surface area contributed by atoms with Crippen LogP contribution in [0.25, 0.3) is 0 Å². The zero-order chi connectivity index (χ0) is 14.3. The molecule has 0 aliphatic heterocycles. The molecule has 1 rings (SSSR count). The lowest BCUT2D eigenvalue weighted by atomic mass is 10.4. The summed E-state index contributed by atoms with van der Waals surface area (Å²) >= 11 is 0. The van der Waals surface area contributed by atoms with Gasteiger partial charge in [0.25, 0.3) is 0 Å². The molecule has 1 heterocycles. The van der Waals surface area contributed by atoms with Crippen molar-refractivity contribution >= 4 is 15.9 Å². The molecule has 1 aromatic rings. The first-order chi connectivity index (χ1) is 9.02. The summed E-state index contributed by atoms with van der Waals surface area (Å²) in [7, 11) is -2.19. The zero-order valence-corrected chi connectivity index (χ0v) is 11.3. The molecule has 1 aromatic heterocycles. The molecule has 0 aliphatic carbocycles. The molecule has 0 bridgehead atoms. The van der Waals surface area contributed by atoms with Crippen LogP contribution in [-0.2, 0) is 14.8 Å². The van der Waals surface area contributed by atoms with Crippen molar-refractivity contribution in [1.82, 2.24) is 14.5 Å². The van der Waals surface area contributed by atoms with E-state index in [1.165, 1.54) is 23.8 Å². The van der Waals surface area contributed by atoms with Crippen molar-refractivity contribution in [2.24, 2.45) is 10.9 Å². The van der Waals surface area contributed by atoms with Crippen molar-refractivity contribution in [2.45, 2.75) is 11.3 Å². The van der Waals surface area contributed by atoms with Crippen LogP contribution in [0.3, 0.4) is 0 Å². The smallest absolute Gasteiger partial charge is 0.246 e. The molecule has 0 fully saturated rings. The van der Waals surface area contributed by atoms with Gasteiger partial charge in [-0.25, -0.2) is 8.42 Å². The zero-order valence-electron chi connectivity index (χ0n) is 10.5. The molecule has 0 spiro atoms. The van der Waals surface area contributed by atoms with E-state index in [4.69, 9.17) is 15.7 Å². The molecular formula is C9H17N5O4S. The lowest BCUT2D eigenvalue weighted by Gasteiger charge is -2.20. The maximum Gasteiger partial charge on any atom is 0.246 e. The first kappa shape index (κ1) is 15.4. The van der Waals surface area contributed by atoms with E-state index in [1.807, 2.05) is 0 Å². The Hall–Kier alpha value is -1.65. The van der Waals surface area contributed by atoms with Crippen LogP contribution in [-0.4, -0.2) is 60.8 Å². The highest BCUT2D eigenvalue weighted by atomic mass is 32.2. The van der Waals surface area contributed by atoms with Gasteiger partial charge in [-0.3, -0.25) is 5.10 Å². The maximum absolute atomic E-state index is 12.3. The quantitative estimate of drug-likeness (QED) is 0.248. The van der Waals surface area contributed by atoms with Crippen molar-refractivity contribution in [1.29, 1.82) is 0 Å². The van der Waals surface area contributed by atoms with Crippen LogP contribution in [0, 0.1) is 0 Å². The van der Waals surface area contributed by atoms with Crippen LogP contribution >= 0.6 is 0 Å². The van der Waals surface area contributed by atoms with Gasteiger partial charge in [0.15, 0.2) is 0 Å². The number of nitrogens with zero attached hydrogens (tertiary/aromatic N) is 3. The molecule has 0 unspecified atom stereocenters. The number of hydrogen-bond donors (Lipinski definition) is 3. The van der Waals surface area contributed by atoms with Crippen LogP contribution < -0.4 is 5.73 Å². The van der Waals surface area contributed by atoms with Crippen LogP contribution in [0.1, 0.15) is 6.42 Å². The topological polar surface area (TPSA) is 134 Å². The van der Waals surface area contributed by atoms with Crippen LogP contribution in [0.2, 0.25) is 0 Å². The minimum atomic E-state index is -3.67. The Morgan fingerprint density at radius 2 is 2.37 bits per heavy atom. The van der Waals surface area contributed by atoms with Gasteiger partial charge in [0.2, 0.25) is 10.0 Å². The SMILES string of the molecule is COCCN(CCC(N)=NO)S(=O)(=O)c1cn[nH]c1. The van der Waals surface area contributed by atoms with Crippen molar-refractivity contribution in [3.05, 3.63) is 12.4 Å². The summed E-state index contributed by atoms with van der Waals surface area (Å²) in [6.45, 7) is 0.503. The molecule has 9 nitrogen and oxygen atoms in total.